The molecule has 1 aliphatic heterocycles. The maximum absolute atomic E-state index is 13.8. The predicted octanol–water partition coefficient (Wildman–Crippen LogP) is 3.79. The largest absolute Gasteiger partial charge is 0.382 e. The summed E-state index contributed by atoms with van der Waals surface area (Å²) in [7, 11) is 3.44. The third kappa shape index (κ3) is 4.87. The van der Waals surface area contributed by atoms with Crippen molar-refractivity contribution in [2.24, 2.45) is 0 Å². The summed E-state index contributed by atoms with van der Waals surface area (Å²) in [5, 5.41) is 10.1. The highest BCUT2D eigenvalue weighted by Gasteiger charge is 2.21. The fourth-order valence-electron chi connectivity index (χ4n) is 2.97. The molecule has 1 saturated heterocycles. The zero-order chi connectivity index (χ0) is 21.0. The lowest BCUT2D eigenvalue weighted by Crippen LogP contribution is -2.32. The molecule has 0 saturated carbocycles. The van der Waals surface area contributed by atoms with Gasteiger partial charge in [0.15, 0.2) is 12.3 Å². The van der Waals surface area contributed by atoms with Crippen LogP contribution in [0.1, 0.15) is 16.1 Å². The van der Waals surface area contributed by atoms with Crippen LogP contribution in [0, 0.1) is 18.3 Å². The number of anilines is 1. The van der Waals surface area contributed by atoms with Crippen LogP contribution >= 0.6 is 24.5 Å². The summed E-state index contributed by atoms with van der Waals surface area (Å²) in [6.07, 6.45) is 1.43. The molecule has 1 N–H and O–H groups in total. The number of aryl methyl sites for hydroxylation is 1. The van der Waals surface area contributed by atoms with Crippen molar-refractivity contribution < 1.29 is 13.4 Å². The Morgan fingerprint density at radius 2 is 2.07 bits per heavy atom. The SMILES string of the molecule is Cc1cc2cc(C(=O)/C(C#N)=C/N(C)C)n(SF)c2cc1NSN1CCOCC1. The Balaban J connectivity index is 1.93. The minimum atomic E-state index is -0.516. The molecule has 1 aliphatic rings. The van der Waals surface area contributed by atoms with Crippen molar-refractivity contribution in [3.63, 3.8) is 0 Å². The molecule has 0 aliphatic carbocycles. The molecule has 3 rings (SSSR count). The molecule has 0 bridgehead atoms. The Hall–Kier alpha value is -2.19. The number of hydrogen-bond donors (Lipinski definition) is 1. The standard InChI is InChI=1S/C19H22FN5O2S2/c1-13-8-14-9-18(19(26)15(11-21)12-23(2)3)25(28-20)17(14)10-16(13)22-29-24-4-6-27-7-5-24/h8-10,12,22H,4-7H2,1-3H3/b15-12+. The van der Waals surface area contributed by atoms with E-state index in [1.54, 1.807) is 25.1 Å². The third-order valence-corrected chi connectivity index (χ3v) is 5.88. The van der Waals surface area contributed by atoms with Gasteiger partial charge >= 0.3 is 0 Å². The van der Waals surface area contributed by atoms with E-state index in [-0.39, 0.29) is 23.6 Å². The third-order valence-electron chi connectivity index (χ3n) is 4.41. The normalized spacial score (nSPS) is 15.3. The number of nitrogens with one attached hydrogen (secondary N) is 1. The Bertz CT molecular complexity index is 977. The molecule has 1 fully saturated rings. The summed E-state index contributed by atoms with van der Waals surface area (Å²) in [5.41, 5.74) is 2.46. The fourth-order valence-corrected chi connectivity index (χ4v) is 4.20. The van der Waals surface area contributed by atoms with Crippen molar-refractivity contribution in [3.05, 3.63) is 41.2 Å². The molecule has 0 unspecified atom stereocenters. The van der Waals surface area contributed by atoms with Crippen LogP contribution < -0.4 is 4.72 Å². The Morgan fingerprint density at radius 3 is 2.69 bits per heavy atom. The van der Waals surface area contributed by atoms with E-state index in [1.807, 2.05) is 25.1 Å². The van der Waals surface area contributed by atoms with Gasteiger partial charge in [0.1, 0.15) is 17.3 Å². The highest BCUT2D eigenvalue weighted by molar-refractivity contribution is 7.98. The van der Waals surface area contributed by atoms with Crippen LogP contribution in [0.4, 0.5) is 9.57 Å². The average Bonchev–Trinajstić information content (AvgIpc) is 3.07. The summed E-state index contributed by atoms with van der Waals surface area (Å²) in [6, 6.07) is 7.25. The molecule has 0 spiro atoms. The van der Waals surface area contributed by atoms with Crippen molar-refractivity contribution in [1.82, 2.24) is 13.2 Å². The molecule has 1 aromatic heterocycles. The molecular formula is C19H22FN5O2S2. The van der Waals surface area contributed by atoms with Crippen LogP contribution in [0.2, 0.25) is 0 Å². The molecule has 0 atom stereocenters. The topological polar surface area (TPSA) is 73.5 Å². The lowest BCUT2D eigenvalue weighted by molar-refractivity contribution is 0.0775. The van der Waals surface area contributed by atoms with Gasteiger partial charge in [-0.05, 0) is 30.7 Å². The molecule has 1 aromatic carbocycles. The van der Waals surface area contributed by atoms with Gasteiger partial charge in [-0.1, -0.05) is 0 Å². The van der Waals surface area contributed by atoms with Gasteiger partial charge < -0.3 is 14.4 Å². The zero-order valence-electron chi connectivity index (χ0n) is 16.4. The second kappa shape index (κ2) is 9.54. The van der Waals surface area contributed by atoms with E-state index in [1.165, 1.54) is 22.3 Å². The van der Waals surface area contributed by atoms with Gasteiger partial charge in [0.25, 0.3) is 0 Å². The Kier molecular flexibility index (Phi) is 7.08. The number of Topliss-reactive ketones (excluding diaryl/α,β-unsaturated/α-hetero) is 1. The molecule has 29 heavy (non-hydrogen) atoms. The zero-order valence-corrected chi connectivity index (χ0v) is 18.1. The van der Waals surface area contributed by atoms with E-state index in [0.29, 0.717) is 18.7 Å². The molecule has 0 amide bonds. The Morgan fingerprint density at radius 1 is 1.34 bits per heavy atom. The molecule has 0 radical (unpaired) electrons. The predicted molar refractivity (Wildman–Crippen MR) is 116 cm³/mol. The number of nitriles is 1. The van der Waals surface area contributed by atoms with E-state index in [0.717, 1.165) is 29.7 Å². The monoisotopic (exact) mass is 435 g/mol. The minimum absolute atomic E-state index is 0.0485. The number of ketones is 1. The summed E-state index contributed by atoms with van der Waals surface area (Å²) in [5.74, 6) is -0.516. The number of allylic oxidation sites excluding steroid dienone is 1. The first-order valence-corrected chi connectivity index (χ1v) is 10.4. The summed E-state index contributed by atoms with van der Waals surface area (Å²) in [6.45, 7) is 4.99. The van der Waals surface area contributed by atoms with Crippen LogP contribution in [-0.4, -0.2) is 59.4 Å². The first kappa shape index (κ1) is 21.5. The smallest absolute Gasteiger partial charge is 0.222 e. The van der Waals surface area contributed by atoms with Gasteiger partial charge in [0.2, 0.25) is 5.78 Å². The van der Waals surface area contributed by atoms with Crippen LogP contribution in [0.25, 0.3) is 10.9 Å². The number of carbonyl (C=O) groups excluding carboxylic acids is 1. The second-order valence-electron chi connectivity index (χ2n) is 6.80. The number of ether oxygens (including phenoxy) is 1. The van der Waals surface area contributed by atoms with Crippen molar-refractivity contribution in [1.29, 1.82) is 5.26 Å². The molecule has 7 nitrogen and oxygen atoms in total. The fraction of sp³-hybridized carbons (Fsp3) is 0.368. The van der Waals surface area contributed by atoms with Crippen molar-refractivity contribution in [2.75, 3.05) is 45.1 Å². The summed E-state index contributed by atoms with van der Waals surface area (Å²) in [4.78, 5) is 14.4. The lowest BCUT2D eigenvalue weighted by atomic mass is 10.1. The van der Waals surface area contributed by atoms with Crippen molar-refractivity contribution in [3.8, 4) is 6.07 Å². The van der Waals surface area contributed by atoms with Crippen molar-refractivity contribution >= 4 is 46.8 Å². The molecule has 2 aromatic rings. The average molecular weight is 436 g/mol. The van der Waals surface area contributed by atoms with Gasteiger partial charge in [-0.2, -0.15) is 5.26 Å². The molecule has 10 heteroatoms. The number of morpholine rings is 1. The molecule has 2 heterocycles. The van der Waals surface area contributed by atoms with Crippen molar-refractivity contribution in [2.45, 2.75) is 6.92 Å². The quantitative estimate of drug-likeness (QED) is 0.305. The van der Waals surface area contributed by atoms with Gasteiger partial charge in [-0.3, -0.25) is 8.77 Å². The van der Waals surface area contributed by atoms with E-state index >= 15 is 0 Å². The van der Waals surface area contributed by atoms with E-state index in [9.17, 15) is 13.9 Å². The number of benzene rings is 1. The van der Waals surface area contributed by atoms with E-state index < -0.39 is 5.78 Å². The van der Waals surface area contributed by atoms with E-state index in [4.69, 9.17) is 4.74 Å². The number of aromatic nitrogens is 1. The van der Waals surface area contributed by atoms with Gasteiger partial charge in [-0.25, -0.2) is 4.31 Å². The second-order valence-corrected chi connectivity index (χ2v) is 8.21. The van der Waals surface area contributed by atoms with Gasteiger partial charge in [-0.15, -0.1) is 3.89 Å². The molecule has 154 valence electrons. The highest BCUT2D eigenvalue weighted by Crippen LogP contribution is 2.32. The number of hydrogen-bond acceptors (Lipinski definition) is 8. The van der Waals surface area contributed by atoms with Crippen LogP contribution in [-0.2, 0) is 4.74 Å². The first-order chi connectivity index (χ1) is 13.9. The maximum atomic E-state index is 13.8. The minimum Gasteiger partial charge on any atom is -0.382 e. The van der Waals surface area contributed by atoms with E-state index in [2.05, 4.69) is 9.03 Å². The summed E-state index contributed by atoms with van der Waals surface area (Å²) >= 11 is 1.44. The van der Waals surface area contributed by atoms with Gasteiger partial charge in [0, 0.05) is 50.9 Å². The number of rotatable bonds is 7. The number of nitrogens with zero attached hydrogens (tertiary/aromatic N) is 4. The van der Waals surface area contributed by atoms with Crippen LogP contribution in [0.5, 0.6) is 0 Å². The molecular weight excluding hydrogens is 413 g/mol. The summed E-state index contributed by atoms with van der Waals surface area (Å²) < 4.78 is 25.9. The van der Waals surface area contributed by atoms with Crippen LogP contribution in [0.15, 0.2) is 30.0 Å². The van der Waals surface area contributed by atoms with Gasteiger partial charge in [0.05, 0.1) is 24.4 Å². The Labute approximate surface area is 178 Å². The number of fused-ring (bicyclic) bond motifs is 1. The maximum Gasteiger partial charge on any atom is 0.222 e. The lowest BCUT2D eigenvalue weighted by Gasteiger charge is -2.25. The number of carbonyl (C=O) groups is 1. The highest BCUT2D eigenvalue weighted by atomic mass is 32.2. The number of halogens is 1. The van der Waals surface area contributed by atoms with Crippen LogP contribution in [0.3, 0.4) is 0 Å². The first-order valence-electron chi connectivity index (χ1n) is 8.98.